The molecule has 0 radical (unpaired) electrons. The Hall–Kier alpha value is -2.61. The average Bonchev–Trinajstić information content (AvgIpc) is 3.20. The van der Waals surface area contributed by atoms with E-state index in [-0.39, 0.29) is 11.7 Å². The number of nitrogens with two attached hydrogens (primary N) is 1. The summed E-state index contributed by atoms with van der Waals surface area (Å²) in [7, 11) is 1.72. The lowest BCUT2D eigenvalue weighted by Gasteiger charge is -2.34. The zero-order chi connectivity index (χ0) is 22.0. The predicted octanol–water partition coefficient (Wildman–Crippen LogP) is 3.99. The highest BCUT2D eigenvalue weighted by Gasteiger charge is 2.40. The number of carbonyl (C=O) groups excluding carboxylic acids is 2. The van der Waals surface area contributed by atoms with E-state index in [9.17, 15) is 9.59 Å². The number of halogens is 1. The Balaban J connectivity index is 1.58. The third-order valence-corrected chi connectivity index (χ3v) is 6.97. The van der Waals surface area contributed by atoms with Gasteiger partial charge in [0.05, 0.1) is 10.4 Å². The maximum atomic E-state index is 12.7. The van der Waals surface area contributed by atoms with Gasteiger partial charge in [0.25, 0.3) is 0 Å². The second-order valence-electron chi connectivity index (χ2n) is 7.50. The van der Waals surface area contributed by atoms with Crippen LogP contribution in [0.5, 0.6) is 0 Å². The molecule has 4 rings (SSSR count). The van der Waals surface area contributed by atoms with Crippen LogP contribution in [0.4, 0.5) is 0 Å². The highest BCUT2D eigenvalue weighted by Crippen LogP contribution is 2.38. The van der Waals surface area contributed by atoms with Crippen molar-refractivity contribution < 1.29 is 14.3 Å². The van der Waals surface area contributed by atoms with Gasteiger partial charge in [-0.25, -0.2) is 0 Å². The Morgan fingerprint density at radius 2 is 1.87 bits per heavy atom. The molecule has 160 valence electrons. The van der Waals surface area contributed by atoms with Crippen molar-refractivity contribution in [3.63, 3.8) is 0 Å². The Morgan fingerprint density at radius 1 is 1.13 bits per heavy atom. The van der Waals surface area contributed by atoms with E-state index < -0.39 is 5.41 Å². The standard InChI is InChI=1S/C23H22ClN3O3S/c1-27-20(7-10-26-27)21(28)18-6-5-17(14-19(18)24)31-16-4-2-3-15(13-16)23(22(25)29)8-11-30-12-9-23/h2-7,10,13-14H,8-9,11-12H2,1H3,(H2,25,29). The number of aromatic nitrogens is 2. The summed E-state index contributed by atoms with van der Waals surface area (Å²) in [6.45, 7) is 1.03. The fourth-order valence-electron chi connectivity index (χ4n) is 3.87. The lowest BCUT2D eigenvalue weighted by atomic mass is 9.73. The number of aryl methyl sites for hydroxylation is 1. The first kappa shape index (κ1) is 21.6. The minimum Gasteiger partial charge on any atom is -0.381 e. The fraction of sp³-hybridized carbons (Fsp3) is 0.261. The van der Waals surface area contributed by atoms with Crippen LogP contribution in [0.2, 0.25) is 5.02 Å². The molecule has 31 heavy (non-hydrogen) atoms. The van der Waals surface area contributed by atoms with Gasteiger partial charge < -0.3 is 10.5 Å². The normalized spacial score (nSPS) is 15.5. The number of hydrogen-bond acceptors (Lipinski definition) is 5. The quantitative estimate of drug-likeness (QED) is 0.568. The fourth-order valence-corrected chi connectivity index (χ4v) is 5.12. The highest BCUT2D eigenvalue weighted by atomic mass is 35.5. The lowest BCUT2D eigenvalue weighted by molar-refractivity contribution is -0.127. The molecule has 1 fully saturated rings. The Labute approximate surface area is 189 Å². The zero-order valence-electron chi connectivity index (χ0n) is 17.0. The van der Waals surface area contributed by atoms with Crippen LogP contribution in [0.3, 0.4) is 0 Å². The summed E-state index contributed by atoms with van der Waals surface area (Å²) < 4.78 is 6.96. The Morgan fingerprint density at radius 3 is 2.52 bits per heavy atom. The molecule has 8 heteroatoms. The van der Waals surface area contributed by atoms with E-state index in [1.165, 1.54) is 16.4 Å². The summed E-state index contributed by atoms with van der Waals surface area (Å²) in [6.07, 6.45) is 2.73. The van der Waals surface area contributed by atoms with Crippen molar-refractivity contribution in [2.75, 3.05) is 13.2 Å². The molecule has 2 N–H and O–H groups in total. The summed E-state index contributed by atoms with van der Waals surface area (Å²) in [5, 5.41) is 4.42. The Kier molecular flexibility index (Phi) is 6.18. The van der Waals surface area contributed by atoms with E-state index >= 15 is 0 Å². The van der Waals surface area contributed by atoms with Gasteiger partial charge in [0.1, 0.15) is 5.69 Å². The molecule has 0 atom stereocenters. The largest absolute Gasteiger partial charge is 0.381 e. The van der Waals surface area contributed by atoms with Crippen molar-refractivity contribution in [2.24, 2.45) is 12.8 Å². The molecule has 0 bridgehead atoms. The number of rotatable bonds is 6. The van der Waals surface area contributed by atoms with Crippen LogP contribution in [0.1, 0.15) is 34.5 Å². The topological polar surface area (TPSA) is 87.2 Å². The van der Waals surface area contributed by atoms with E-state index in [1.807, 2.05) is 30.3 Å². The molecule has 1 amide bonds. The molecule has 0 aliphatic carbocycles. The van der Waals surface area contributed by atoms with Crippen molar-refractivity contribution in [3.8, 4) is 0 Å². The maximum Gasteiger partial charge on any atom is 0.228 e. The molecule has 0 saturated carbocycles. The monoisotopic (exact) mass is 455 g/mol. The number of ether oxygens (including phenoxy) is 1. The van der Waals surface area contributed by atoms with E-state index in [0.717, 1.165) is 15.4 Å². The SMILES string of the molecule is Cn1nccc1C(=O)c1ccc(Sc2cccc(C3(C(N)=O)CCOCC3)c2)cc1Cl. The van der Waals surface area contributed by atoms with Crippen molar-refractivity contribution in [1.82, 2.24) is 9.78 Å². The predicted molar refractivity (Wildman–Crippen MR) is 120 cm³/mol. The molecule has 2 aromatic carbocycles. The molecule has 0 unspecified atom stereocenters. The number of hydrogen-bond donors (Lipinski definition) is 1. The highest BCUT2D eigenvalue weighted by molar-refractivity contribution is 7.99. The van der Waals surface area contributed by atoms with Gasteiger partial charge in [-0.2, -0.15) is 5.10 Å². The first-order chi connectivity index (χ1) is 14.9. The number of carbonyl (C=O) groups is 2. The third kappa shape index (κ3) is 4.26. The summed E-state index contributed by atoms with van der Waals surface area (Å²) in [5.41, 5.74) is 6.90. The van der Waals surface area contributed by atoms with Crippen LogP contribution in [-0.2, 0) is 22.0 Å². The number of primary amides is 1. The second kappa shape index (κ2) is 8.86. The molecule has 1 saturated heterocycles. The minimum atomic E-state index is -0.703. The number of ketones is 1. The molecule has 1 aliphatic heterocycles. The van der Waals surface area contributed by atoms with E-state index in [0.29, 0.717) is 42.3 Å². The lowest BCUT2D eigenvalue weighted by Crippen LogP contribution is -2.45. The van der Waals surface area contributed by atoms with E-state index in [2.05, 4.69) is 5.10 Å². The molecule has 6 nitrogen and oxygen atoms in total. The summed E-state index contributed by atoms with van der Waals surface area (Å²) in [6, 6.07) is 14.9. The van der Waals surface area contributed by atoms with Crippen LogP contribution in [0.25, 0.3) is 0 Å². The number of benzene rings is 2. The molecule has 3 aromatic rings. The molecular formula is C23H22ClN3O3S. The third-order valence-electron chi connectivity index (χ3n) is 5.68. The van der Waals surface area contributed by atoms with E-state index in [1.54, 1.807) is 31.4 Å². The Bertz CT molecular complexity index is 1140. The average molecular weight is 456 g/mol. The van der Waals surface area contributed by atoms with Crippen LogP contribution in [0, 0.1) is 0 Å². The minimum absolute atomic E-state index is 0.175. The van der Waals surface area contributed by atoms with Gasteiger partial charge in [-0.15, -0.1) is 0 Å². The van der Waals surface area contributed by atoms with Crippen LogP contribution >= 0.6 is 23.4 Å². The molecule has 2 heterocycles. The van der Waals surface area contributed by atoms with Crippen molar-refractivity contribution in [3.05, 3.63) is 76.6 Å². The maximum absolute atomic E-state index is 12.7. The van der Waals surface area contributed by atoms with Crippen molar-refractivity contribution in [2.45, 2.75) is 28.0 Å². The second-order valence-corrected chi connectivity index (χ2v) is 9.05. The van der Waals surface area contributed by atoms with E-state index in [4.69, 9.17) is 22.1 Å². The van der Waals surface area contributed by atoms with Crippen molar-refractivity contribution in [1.29, 1.82) is 0 Å². The summed E-state index contributed by atoms with van der Waals surface area (Å²) in [5.74, 6) is -0.495. The van der Waals surface area contributed by atoms with Gasteiger partial charge in [-0.3, -0.25) is 14.3 Å². The smallest absolute Gasteiger partial charge is 0.228 e. The van der Waals surface area contributed by atoms with Gasteiger partial charge in [0.15, 0.2) is 0 Å². The number of amides is 1. The first-order valence-electron chi connectivity index (χ1n) is 9.89. The molecule has 1 aliphatic rings. The molecular weight excluding hydrogens is 434 g/mol. The van der Waals surface area contributed by atoms with Gasteiger partial charge >= 0.3 is 0 Å². The van der Waals surface area contributed by atoms with Gasteiger partial charge in [0.2, 0.25) is 11.7 Å². The summed E-state index contributed by atoms with van der Waals surface area (Å²) >= 11 is 7.95. The van der Waals surface area contributed by atoms with Gasteiger partial charge in [-0.1, -0.05) is 35.5 Å². The first-order valence-corrected chi connectivity index (χ1v) is 11.1. The molecule has 0 spiro atoms. The van der Waals surface area contributed by atoms with Gasteiger partial charge in [-0.05, 0) is 54.8 Å². The van der Waals surface area contributed by atoms with Crippen molar-refractivity contribution >= 4 is 35.1 Å². The van der Waals surface area contributed by atoms with Crippen LogP contribution < -0.4 is 5.73 Å². The zero-order valence-corrected chi connectivity index (χ0v) is 18.6. The van der Waals surface area contributed by atoms with Crippen LogP contribution in [0.15, 0.2) is 64.5 Å². The molecule has 1 aromatic heterocycles. The van der Waals surface area contributed by atoms with Gasteiger partial charge in [0, 0.05) is 41.8 Å². The number of nitrogens with zero attached hydrogens (tertiary/aromatic N) is 2. The summed E-state index contributed by atoms with van der Waals surface area (Å²) in [4.78, 5) is 26.9. The van der Waals surface area contributed by atoms with Crippen LogP contribution in [-0.4, -0.2) is 34.7 Å².